The van der Waals surface area contributed by atoms with Crippen LogP contribution in [0.3, 0.4) is 0 Å². The molecular weight excluding hydrogens is 312 g/mol. The number of carbonyl (C=O) groups is 2. The van der Waals surface area contributed by atoms with Crippen LogP contribution in [-0.4, -0.2) is 18.7 Å². The Morgan fingerprint density at radius 1 is 1.00 bits per heavy atom. The van der Waals surface area contributed by atoms with Gasteiger partial charge in [-0.05, 0) is 47.6 Å². The minimum absolute atomic E-state index is 0.0640. The Hall–Kier alpha value is -2.42. The summed E-state index contributed by atoms with van der Waals surface area (Å²) in [4.78, 5) is 24.6. The summed E-state index contributed by atoms with van der Waals surface area (Å²) in [6.45, 7) is 2.08. The van der Waals surface area contributed by atoms with E-state index in [1.807, 2.05) is 48.5 Å². The first kappa shape index (κ1) is 17.4. The molecule has 0 bridgehead atoms. The first-order valence-electron chi connectivity index (χ1n) is 8.85. The Bertz CT molecular complexity index is 744. The lowest BCUT2D eigenvalue weighted by Crippen LogP contribution is -2.31. The molecule has 2 unspecified atom stereocenters. The van der Waals surface area contributed by atoms with Gasteiger partial charge in [-0.3, -0.25) is 9.59 Å². The maximum Gasteiger partial charge on any atom is 0.147 e. The predicted octanol–water partition coefficient (Wildman–Crippen LogP) is 4.48. The van der Waals surface area contributed by atoms with E-state index in [1.54, 1.807) is 7.11 Å². The number of carbonyl (C=O) groups excluding carboxylic acids is 2. The number of hydrogen-bond acceptors (Lipinski definition) is 3. The summed E-state index contributed by atoms with van der Waals surface area (Å²) < 4.78 is 5.18. The normalized spacial score (nSPS) is 20.3. The molecule has 0 aromatic heterocycles. The van der Waals surface area contributed by atoms with Crippen molar-refractivity contribution >= 4 is 11.6 Å². The molecule has 0 amide bonds. The number of Topliss-reactive ketones (excluding diaryl/α,β-unsaturated/α-hetero) is 2. The lowest BCUT2D eigenvalue weighted by Gasteiger charge is -2.23. The van der Waals surface area contributed by atoms with Crippen LogP contribution in [0.25, 0.3) is 11.1 Å². The van der Waals surface area contributed by atoms with Gasteiger partial charge in [0.25, 0.3) is 0 Å². The molecule has 1 aliphatic rings. The molecule has 25 heavy (non-hydrogen) atoms. The van der Waals surface area contributed by atoms with Gasteiger partial charge in [0, 0.05) is 12.8 Å². The van der Waals surface area contributed by atoms with E-state index in [2.05, 4.69) is 6.92 Å². The van der Waals surface area contributed by atoms with Gasteiger partial charge in [-0.1, -0.05) is 43.3 Å². The average molecular weight is 336 g/mol. The van der Waals surface area contributed by atoms with Gasteiger partial charge >= 0.3 is 0 Å². The highest BCUT2D eigenvalue weighted by Crippen LogP contribution is 2.28. The van der Waals surface area contributed by atoms with Crippen LogP contribution in [0.4, 0.5) is 0 Å². The zero-order valence-corrected chi connectivity index (χ0v) is 14.8. The second-order valence-corrected chi connectivity index (χ2v) is 6.97. The molecule has 1 aliphatic carbocycles. The van der Waals surface area contributed by atoms with Crippen LogP contribution in [-0.2, 0) is 16.0 Å². The summed E-state index contributed by atoms with van der Waals surface area (Å²) in [6, 6.07) is 15.9. The number of rotatable bonds is 5. The van der Waals surface area contributed by atoms with E-state index in [9.17, 15) is 9.59 Å². The summed E-state index contributed by atoms with van der Waals surface area (Å²) >= 11 is 0. The minimum Gasteiger partial charge on any atom is -0.497 e. The average Bonchev–Trinajstić information content (AvgIpc) is 2.62. The number of ketones is 2. The molecule has 1 fully saturated rings. The van der Waals surface area contributed by atoms with Gasteiger partial charge in [0.15, 0.2) is 0 Å². The van der Waals surface area contributed by atoms with E-state index in [4.69, 9.17) is 4.74 Å². The van der Waals surface area contributed by atoms with Crippen molar-refractivity contribution in [1.29, 1.82) is 0 Å². The van der Waals surface area contributed by atoms with Gasteiger partial charge < -0.3 is 4.74 Å². The van der Waals surface area contributed by atoms with Crippen molar-refractivity contribution in [1.82, 2.24) is 0 Å². The van der Waals surface area contributed by atoms with Crippen LogP contribution in [0.2, 0.25) is 0 Å². The lowest BCUT2D eigenvalue weighted by atomic mass is 9.78. The third-order valence-electron chi connectivity index (χ3n) is 5.03. The van der Waals surface area contributed by atoms with E-state index < -0.39 is 5.92 Å². The third kappa shape index (κ3) is 4.16. The maximum absolute atomic E-state index is 12.5. The van der Waals surface area contributed by atoms with Crippen molar-refractivity contribution in [2.75, 3.05) is 7.11 Å². The van der Waals surface area contributed by atoms with Crippen LogP contribution in [0, 0.1) is 11.8 Å². The molecule has 1 saturated carbocycles. The first-order chi connectivity index (χ1) is 12.1. The fourth-order valence-corrected chi connectivity index (χ4v) is 3.46. The fourth-order valence-electron chi connectivity index (χ4n) is 3.46. The number of benzene rings is 2. The second-order valence-electron chi connectivity index (χ2n) is 6.97. The molecule has 2 aromatic rings. The van der Waals surface area contributed by atoms with Gasteiger partial charge in [-0.2, -0.15) is 0 Å². The van der Waals surface area contributed by atoms with Crippen LogP contribution in [0.15, 0.2) is 48.5 Å². The molecular formula is C22H24O3. The monoisotopic (exact) mass is 336 g/mol. The Labute approximate surface area is 149 Å². The molecule has 3 nitrogen and oxygen atoms in total. The molecule has 0 spiro atoms. The molecule has 3 rings (SSSR count). The lowest BCUT2D eigenvalue weighted by molar-refractivity contribution is -0.134. The Balaban J connectivity index is 1.66. The topological polar surface area (TPSA) is 43.4 Å². The number of ether oxygens (including phenoxy) is 1. The van der Waals surface area contributed by atoms with Crippen molar-refractivity contribution in [2.45, 2.75) is 32.6 Å². The molecule has 0 saturated heterocycles. The molecule has 0 N–H and O–H groups in total. The summed E-state index contributed by atoms with van der Waals surface area (Å²) in [7, 11) is 1.65. The molecule has 3 heteroatoms. The summed E-state index contributed by atoms with van der Waals surface area (Å²) in [5.74, 6) is 1.04. The Kier molecular flexibility index (Phi) is 5.32. The van der Waals surface area contributed by atoms with Crippen molar-refractivity contribution in [3.63, 3.8) is 0 Å². The van der Waals surface area contributed by atoms with Crippen molar-refractivity contribution < 1.29 is 14.3 Å². The molecule has 2 atom stereocenters. The van der Waals surface area contributed by atoms with Crippen LogP contribution in [0.5, 0.6) is 5.75 Å². The molecule has 130 valence electrons. The smallest absolute Gasteiger partial charge is 0.147 e. The Morgan fingerprint density at radius 3 is 2.16 bits per heavy atom. The largest absolute Gasteiger partial charge is 0.497 e. The van der Waals surface area contributed by atoms with Crippen molar-refractivity contribution in [2.24, 2.45) is 11.8 Å². The third-order valence-corrected chi connectivity index (χ3v) is 5.03. The standard InChI is InChI=1S/C22H24O3/c1-15-3-12-20(21(23)13-15)22(24)14-16-4-6-17(7-5-16)18-8-10-19(25-2)11-9-18/h4-11,15,20H,3,12-14H2,1-2H3. The van der Waals surface area contributed by atoms with Gasteiger partial charge in [-0.15, -0.1) is 0 Å². The highest BCUT2D eigenvalue weighted by atomic mass is 16.5. The fraction of sp³-hybridized carbons (Fsp3) is 0.364. The molecule has 2 aromatic carbocycles. The van der Waals surface area contributed by atoms with Crippen molar-refractivity contribution in [3.05, 3.63) is 54.1 Å². The SMILES string of the molecule is COc1ccc(-c2ccc(CC(=O)C3CCC(C)CC3=O)cc2)cc1. The molecule has 0 heterocycles. The zero-order valence-electron chi connectivity index (χ0n) is 14.8. The summed E-state index contributed by atoms with van der Waals surface area (Å²) in [5, 5.41) is 0. The minimum atomic E-state index is -0.391. The highest BCUT2D eigenvalue weighted by Gasteiger charge is 2.31. The summed E-state index contributed by atoms with van der Waals surface area (Å²) in [6.07, 6.45) is 2.57. The van der Waals surface area contributed by atoms with E-state index in [-0.39, 0.29) is 11.6 Å². The van der Waals surface area contributed by atoms with Gasteiger partial charge in [-0.25, -0.2) is 0 Å². The molecule has 0 radical (unpaired) electrons. The Morgan fingerprint density at radius 2 is 1.60 bits per heavy atom. The van der Waals surface area contributed by atoms with E-state index in [0.29, 0.717) is 25.2 Å². The van der Waals surface area contributed by atoms with Gasteiger partial charge in [0.1, 0.15) is 17.3 Å². The van der Waals surface area contributed by atoms with Gasteiger partial charge in [0.2, 0.25) is 0 Å². The van der Waals surface area contributed by atoms with Crippen LogP contribution in [0.1, 0.15) is 31.7 Å². The zero-order chi connectivity index (χ0) is 17.8. The van der Waals surface area contributed by atoms with E-state index in [0.717, 1.165) is 28.9 Å². The second kappa shape index (κ2) is 7.64. The van der Waals surface area contributed by atoms with Crippen molar-refractivity contribution in [3.8, 4) is 16.9 Å². The number of methoxy groups -OCH3 is 1. The quantitative estimate of drug-likeness (QED) is 0.756. The van der Waals surface area contributed by atoms with Crippen LogP contribution >= 0.6 is 0 Å². The highest BCUT2D eigenvalue weighted by molar-refractivity contribution is 6.03. The van der Waals surface area contributed by atoms with Gasteiger partial charge in [0.05, 0.1) is 13.0 Å². The first-order valence-corrected chi connectivity index (χ1v) is 8.85. The number of hydrogen-bond donors (Lipinski definition) is 0. The van der Waals surface area contributed by atoms with E-state index in [1.165, 1.54) is 0 Å². The van der Waals surface area contributed by atoms with E-state index >= 15 is 0 Å². The predicted molar refractivity (Wildman–Crippen MR) is 98.7 cm³/mol. The van der Waals surface area contributed by atoms with Crippen LogP contribution < -0.4 is 4.74 Å². The summed E-state index contributed by atoms with van der Waals surface area (Å²) in [5.41, 5.74) is 3.17. The maximum atomic E-state index is 12.5. The molecule has 0 aliphatic heterocycles.